The maximum atomic E-state index is 12.9. The lowest BCUT2D eigenvalue weighted by Gasteiger charge is -2.13. The number of nitrogens with zero attached hydrogens (tertiary/aromatic N) is 2. The van der Waals surface area contributed by atoms with Gasteiger partial charge in [0.15, 0.2) is 5.82 Å². The van der Waals surface area contributed by atoms with E-state index >= 15 is 0 Å². The first-order valence-electron chi connectivity index (χ1n) is 7.57. The molecule has 120 valence electrons. The van der Waals surface area contributed by atoms with Gasteiger partial charge in [0.25, 0.3) is 5.56 Å². The first kappa shape index (κ1) is 14.7. The summed E-state index contributed by atoms with van der Waals surface area (Å²) in [6.07, 6.45) is 0. The number of fused-ring (bicyclic) bond motifs is 1. The summed E-state index contributed by atoms with van der Waals surface area (Å²) in [7, 11) is 0. The minimum atomic E-state index is -0.118. The third-order valence-corrected chi connectivity index (χ3v) is 4.59. The largest absolute Gasteiger partial charge is 0.464 e. The second kappa shape index (κ2) is 5.98. The molecule has 0 saturated heterocycles. The van der Waals surface area contributed by atoms with Crippen molar-refractivity contribution in [1.29, 1.82) is 0 Å². The summed E-state index contributed by atoms with van der Waals surface area (Å²) < 4.78 is 7.07. The lowest BCUT2D eigenvalue weighted by Crippen LogP contribution is -2.31. The maximum absolute atomic E-state index is 12.9. The normalized spacial score (nSPS) is 11.0. The molecule has 3 heterocycles. The van der Waals surface area contributed by atoms with Crippen LogP contribution in [0.2, 0.25) is 0 Å². The predicted octanol–water partition coefficient (Wildman–Crippen LogP) is 3.77. The molecule has 0 unspecified atom stereocenters. The van der Waals surface area contributed by atoms with E-state index in [1.807, 2.05) is 54.8 Å². The van der Waals surface area contributed by atoms with Crippen molar-refractivity contribution >= 4 is 22.2 Å². The molecule has 0 aliphatic rings. The highest BCUT2D eigenvalue weighted by molar-refractivity contribution is 7.13. The van der Waals surface area contributed by atoms with E-state index in [4.69, 9.17) is 4.42 Å². The van der Waals surface area contributed by atoms with E-state index in [1.54, 1.807) is 17.4 Å². The van der Waals surface area contributed by atoms with Crippen LogP contribution in [0.5, 0.6) is 0 Å². The van der Waals surface area contributed by atoms with Gasteiger partial charge >= 0.3 is 0 Å². The van der Waals surface area contributed by atoms with E-state index < -0.39 is 0 Å². The molecule has 0 saturated carbocycles. The summed E-state index contributed by atoms with van der Waals surface area (Å²) in [5.41, 5.74) is 3.72. The average Bonchev–Trinajstić information content (AvgIpc) is 3.25. The molecule has 0 aliphatic carbocycles. The highest BCUT2D eigenvalue weighted by Crippen LogP contribution is 2.23. The van der Waals surface area contributed by atoms with Crippen LogP contribution in [0.1, 0.15) is 11.5 Å². The van der Waals surface area contributed by atoms with Crippen molar-refractivity contribution in [2.75, 3.05) is 5.43 Å². The fourth-order valence-corrected chi connectivity index (χ4v) is 3.29. The Kier molecular flexibility index (Phi) is 3.66. The molecule has 0 aliphatic heterocycles. The molecule has 0 atom stereocenters. The van der Waals surface area contributed by atoms with Crippen LogP contribution in [-0.4, -0.2) is 9.66 Å². The predicted molar refractivity (Wildman–Crippen MR) is 95.8 cm³/mol. The Labute approximate surface area is 142 Å². The van der Waals surface area contributed by atoms with Gasteiger partial charge in [-0.1, -0.05) is 18.2 Å². The third-order valence-electron chi connectivity index (χ3n) is 3.72. The molecular weight excluding hydrogens is 322 g/mol. The van der Waals surface area contributed by atoms with Gasteiger partial charge in [0.1, 0.15) is 11.5 Å². The van der Waals surface area contributed by atoms with E-state index in [0.29, 0.717) is 23.3 Å². The van der Waals surface area contributed by atoms with Crippen molar-refractivity contribution in [3.8, 4) is 10.7 Å². The fourth-order valence-electron chi connectivity index (χ4n) is 2.59. The van der Waals surface area contributed by atoms with Gasteiger partial charge in [-0.15, -0.1) is 11.3 Å². The molecule has 4 aromatic rings. The van der Waals surface area contributed by atoms with Crippen molar-refractivity contribution in [2.24, 2.45) is 0 Å². The second-order valence-electron chi connectivity index (χ2n) is 5.42. The molecule has 3 aromatic heterocycles. The minimum absolute atomic E-state index is 0.118. The first-order valence-corrected chi connectivity index (χ1v) is 8.45. The standard InChI is InChI=1S/C18H15N3O2S/c1-12-8-9-13(23-12)11-19-21-17(16-7-4-10-24-16)20-15-6-3-2-5-14(15)18(21)22/h2-10,19H,11H2,1H3. The molecule has 0 fully saturated rings. The molecule has 6 heteroatoms. The topological polar surface area (TPSA) is 60.1 Å². The van der Waals surface area contributed by atoms with Gasteiger partial charge in [-0.25, -0.2) is 9.66 Å². The Morgan fingerprint density at radius 1 is 1.17 bits per heavy atom. The monoisotopic (exact) mass is 337 g/mol. The SMILES string of the molecule is Cc1ccc(CNn2c(-c3cccs3)nc3ccccc3c2=O)o1. The smallest absolute Gasteiger partial charge is 0.280 e. The van der Waals surface area contributed by atoms with Gasteiger partial charge in [-0.2, -0.15) is 0 Å². The number of nitrogens with one attached hydrogen (secondary N) is 1. The summed E-state index contributed by atoms with van der Waals surface area (Å²) in [6, 6.07) is 15.1. The number of thiophene rings is 1. The molecule has 24 heavy (non-hydrogen) atoms. The maximum Gasteiger partial charge on any atom is 0.280 e. The third kappa shape index (κ3) is 2.61. The summed E-state index contributed by atoms with van der Waals surface area (Å²) in [5, 5.41) is 2.55. The molecule has 0 amide bonds. The van der Waals surface area contributed by atoms with Crippen molar-refractivity contribution in [3.05, 3.63) is 75.8 Å². The van der Waals surface area contributed by atoms with Crippen LogP contribution >= 0.6 is 11.3 Å². The highest BCUT2D eigenvalue weighted by atomic mass is 32.1. The Morgan fingerprint density at radius 2 is 2.04 bits per heavy atom. The van der Waals surface area contributed by atoms with Gasteiger partial charge in [0.05, 0.1) is 22.3 Å². The zero-order valence-corrected chi connectivity index (χ0v) is 13.8. The number of furan rings is 1. The number of hydrogen-bond donors (Lipinski definition) is 1. The van der Waals surface area contributed by atoms with Crippen molar-refractivity contribution in [1.82, 2.24) is 9.66 Å². The zero-order valence-electron chi connectivity index (χ0n) is 13.0. The van der Waals surface area contributed by atoms with Gasteiger partial charge in [0.2, 0.25) is 0 Å². The summed E-state index contributed by atoms with van der Waals surface area (Å²) in [6.45, 7) is 2.30. The Bertz CT molecular complexity index is 1050. The number of aromatic nitrogens is 2. The molecule has 0 spiro atoms. The van der Waals surface area contributed by atoms with Gasteiger partial charge in [-0.05, 0) is 42.6 Å². The number of hydrogen-bond acceptors (Lipinski definition) is 5. The van der Waals surface area contributed by atoms with E-state index in [0.717, 1.165) is 16.4 Å². The van der Waals surface area contributed by atoms with Crippen molar-refractivity contribution in [2.45, 2.75) is 13.5 Å². The molecule has 1 N–H and O–H groups in total. The van der Waals surface area contributed by atoms with Gasteiger partial charge in [0, 0.05) is 0 Å². The van der Waals surface area contributed by atoms with E-state index in [2.05, 4.69) is 10.4 Å². The molecule has 5 nitrogen and oxygen atoms in total. The van der Waals surface area contributed by atoms with Gasteiger partial charge in [-0.3, -0.25) is 4.79 Å². The van der Waals surface area contributed by atoms with Crippen LogP contribution in [0.15, 0.2) is 63.1 Å². The number of para-hydroxylation sites is 1. The Balaban J connectivity index is 1.83. The van der Waals surface area contributed by atoms with Gasteiger partial charge < -0.3 is 9.84 Å². The highest BCUT2D eigenvalue weighted by Gasteiger charge is 2.13. The summed E-state index contributed by atoms with van der Waals surface area (Å²) in [5.74, 6) is 2.22. The van der Waals surface area contributed by atoms with E-state index in [9.17, 15) is 4.79 Å². The summed E-state index contributed by atoms with van der Waals surface area (Å²) >= 11 is 1.55. The van der Waals surface area contributed by atoms with Crippen LogP contribution in [0.3, 0.4) is 0 Å². The van der Waals surface area contributed by atoms with E-state index in [-0.39, 0.29) is 5.56 Å². The number of benzene rings is 1. The van der Waals surface area contributed by atoms with Crippen molar-refractivity contribution in [3.63, 3.8) is 0 Å². The lowest BCUT2D eigenvalue weighted by atomic mass is 10.2. The zero-order chi connectivity index (χ0) is 16.5. The van der Waals surface area contributed by atoms with E-state index in [1.165, 1.54) is 4.68 Å². The molecule has 1 aromatic carbocycles. The van der Waals surface area contributed by atoms with Crippen LogP contribution < -0.4 is 11.0 Å². The Hall–Kier alpha value is -2.86. The molecule has 4 rings (SSSR count). The van der Waals surface area contributed by atoms with Crippen LogP contribution in [0.25, 0.3) is 21.6 Å². The first-order chi connectivity index (χ1) is 11.7. The van der Waals surface area contributed by atoms with Crippen LogP contribution in [-0.2, 0) is 6.54 Å². The minimum Gasteiger partial charge on any atom is -0.464 e. The molecular formula is C18H15N3O2S. The molecule has 0 radical (unpaired) electrons. The number of rotatable bonds is 4. The Morgan fingerprint density at radius 3 is 2.79 bits per heavy atom. The lowest BCUT2D eigenvalue weighted by molar-refractivity contribution is 0.483. The second-order valence-corrected chi connectivity index (χ2v) is 6.37. The summed E-state index contributed by atoms with van der Waals surface area (Å²) in [4.78, 5) is 18.5. The number of aryl methyl sites for hydroxylation is 1. The van der Waals surface area contributed by atoms with Crippen LogP contribution in [0.4, 0.5) is 0 Å². The van der Waals surface area contributed by atoms with Crippen molar-refractivity contribution < 1.29 is 4.42 Å². The quantitative estimate of drug-likeness (QED) is 0.616. The molecule has 0 bridgehead atoms. The fraction of sp³-hybridized carbons (Fsp3) is 0.111. The average molecular weight is 337 g/mol. The van der Waals surface area contributed by atoms with Crippen LogP contribution in [0, 0.1) is 6.92 Å².